The van der Waals surface area contributed by atoms with Crippen molar-refractivity contribution in [1.82, 2.24) is 10.2 Å². The predicted octanol–water partition coefficient (Wildman–Crippen LogP) is 3.75. The fourth-order valence-corrected chi connectivity index (χ4v) is 2.84. The van der Waals surface area contributed by atoms with Gasteiger partial charge >= 0.3 is 0 Å². The lowest BCUT2D eigenvalue weighted by atomic mass is 9.90. The average Bonchev–Trinajstić information content (AvgIpc) is 2.68. The number of carbonyl (C=O) groups is 1. The Hall–Kier alpha value is -3.22. The van der Waals surface area contributed by atoms with Gasteiger partial charge in [0.25, 0.3) is 0 Å². The van der Waals surface area contributed by atoms with Gasteiger partial charge in [0.05, 0.1) is 24.2 Å². The van der Waals surface area contributed by atoms with Gasteiger partial charge in [-0.2, -0.15) is 10.5 Å². The van der Waals surface area contributed by atoms with E-state index < -0.39 is 5.54 Å². The molecule has 2 aromatic carbocycles. The van der Waals surface area contributed by atoms with E-state index in [1.165, 1.54) is 12.1 Å². The Morgan fingerprint density at radius 2 is 1.79 bits per heavy atom. The number of nitriles is 2. The second-order valence-corrected chi connectivity index (χ2v) is 7.60. The van der Waals surface area contributed by atoms with Gasteiger partial charge in [-0.15, -0.1) is 0 Å². The molecule has 0 saturated carbocycles. The molecule has 0 aliphatic carbocycles. The summed E-state index contributed by atoms with van der Waals surface area (Å²) in [5.74, 6) is -0.651. The molecule has 6 heteroatoms. The van der Waals surface area contributed by atoms with Crippen LogP contribution in [0.25, 0.3) is 0 Å². The maximum absolute atomic E-state index is 13.6. The monoisotopic (exact) mass is 392 g/mol. The zero-order valence-electron chi connectivity index (χ0n) is 16.9. The van der Waals surface area contributed by atoms with E-state index in [-0.39, 0.29) is 24.2 Å². The molecule has 0 radical (unpaired) electrons. The van der Waals surface area contributed by atoms with Crippen LogP contribution in [0, 0.1) is 34.4 Å². The first-order valence-electron chi connectivity index (χ1n) is 9.44. The molecule has 0 heterocycles. The van der Waals surface area contributed by atoms with Crippen molar-refractivity contribution in [3.63, 3.8) is 0 Å². The lowest BCUT2D eigenvalue weighted by molar-refractivity contribution is -0.124. The SMILES string of the molecule is CC(C)C(C)(C#N)NC(=O)CN(Cc1ccc(C#N)cc1)Cc1cccc(F)c1. The first kappa shape index (κ1) is 22.1. The number of amides is 1. The third-order valence-electron chi connectivity index (χ3n) is 4.94. The second kappa shape index (κ2) is 9.82. The highest BCUT2D eigenvalue weighted by atomic mass is 19.1. The highest BCUT2D eigenvalue weighted by molar-refractivity contribution is 5.79. The minimum Gasteiger partial charge on any atom is -0.337 e. The molecule has 0 bridgehead atoms. The first-order valence-corrected chi connectivity index (χ1v) is 9.44. The van der Waals surface area contributed by atoms with Crippen LogP contribution in [-0.2, 0) is 17.9 Å². The molecule has 0 spiro atoms. The zero-order chi connectivity index (χ0) is 21.4. The number of nitrogens with zero attached hydrogens (tertiary/aromatic N) is 3. The van der Waals surface area contributed by atoms with Gasteiger partial charge < -0.3 is 5.32 Å². The smallest absolute Gasteiger partial charge is 0.235 e. The molecule has 0 aliphatic rings. The predicted molar refractivity (Wildman–Crippen MR) is 109 cm³/mol. The number of benzene rings is 2. The van der Waals surface area contributed by atoms with Crippen LogP contribution in [0.1, 0.15) is 37.5 Å². The molecular weight excluding hydrogens is 367 g/mol. The summed E-state index contributed by atoms with van der Waals surface area (Å²) in [4.78, 5) is 14.5. The third-order valence-corrected chi connectivity index (χ3v) is 4.94. The molecule has 1 unspecified atom stereocenters. The Morgan fingerprint density at radius 1 is 1.14 bits per heavy atom. The maximum atomic E-state index is 13.6. The van der Waals surface area contributed by atoms with Gasteiger partial charge in [-0.25, -0.2) is 4.39 Å². The molecule has 29 heavy (non-hydrogen) atoms. The quantitative estimate of drug-likeness (QED) is 0.742. The average molecular weight is 392 g/mol. The molecule has 5 nitrogen and oxygen atoms in total. The van der Waals surface area contributed by atoms with E-state index in [1.54, 1.807) is 31.2 Å². The Labute approximate surface area is 171 Å². The number of rotatable bonds is 8. The fraction of sp³-hybridized carbons (Fsp3) is 0.348. The maximum Gasteiger partial charge on any atom is 0.235 e. The molecule has 1 amide bonds. The van der Waals surface area contributed by atoms with Crippen molar-refractivity contribution in [3.05, 3.63) is 71.0 Å². The number of nitrogens with one attached hydrogen (secondary N) is 1. The molecule has 1 N–H and O–H groups in total. The second-order valence-electron chi connectivity index (χ2n) is 7.60. The molecule has 1 atom stereocenters. The minimum atomic E-state index is -0.962. The van der Waals surface area contributed by atoms with Crippen LogP contribution in [0.4, 0.5) is 4.39 Å². The molecule has 2 aromatic rings. The van der Waals surface area contributed by atoms with Crippen LogP contribution in [0.15, 0.2) is 48.5 Å². The summed E-state index contributed by atoms with van der Waals surface area (Å²) in [5.41, 5.74) is 1.28. The van der Waals surface area contributed by atoms with Crippen molar-refractivity contribution in [2.45, 2.75) is 39.4 Å². The molecule has 0 aliphatic heterocycles. The van der Waals surface area contributed by atoms with Crippen LogP contribution >= 0.6 is 0 Å². The van der Waals surface area contributed by atoms with E-state index in [0.29, 0.717) is 18.7 Å². The van der Waals surface area contributed by atoms with Crippen molar-refractivity contribution in [2.24, 2.45) is 5.92 Å². The van der Waals surface area contributed by atoms with Crippen LogP contribution in [0.2, 0.25) is 0 Å². The summed E-state index contributed by atoms with van der Waals surface area (Å²) < 4.78 is 13.6. The number of carbonyl (C=O) groups excluding carboxylic acids is 1. The van der Waals surface area contributed by atoms with Gasteiger partial charge in [0.2, 0.25) is 5.91 Å². The van der Waals surface area contributed by atoms with Crippen molar-refractivity contribution in [3.8, 4) is 12.1 Å². The highest BCUT2D eigenvalue weighted by Gasteiger charge is 2.30. The normalized spacial score (nSPS) is 12.8. The number of halogens is 1. The van der Waals surface area contributed by atoms with E-state index in [4.69, 9.17) is 5.26 Å². The molecular formula is C23H25FN4O. The van der Waals surface area contributed by atoms with E-state index >= 15 is 0 Å². The third kappa shape index (κ3) is 6.41. The van der Waals surface area contributed by atoms with Crippen molar-refractivity contribution in [1.29, 1.82) is 10.5 Å². The van der Waals surface area contributed by atoms with E-state index in [0.717, 1.165) is 11.1 Å². The van der Waals surface area contributed by atoms with Crippen LogP contribution in [-0.4, -0.2) is 22.9 Å². The lowest BCUT2D eigenvalue weighted by Gasteiger charge is -2.29. The van der Waals surface area contributed by atoms with E-state index in [9.17, 15) is 14.4 Å². The zero-order valence-corrected chi connectivity index (χ0v) is 16.9. The molecule has 150 valence electrons. The van der Waals surface area contributed by atoms with Gasteiger partial charge in [-0.1, -0.05) is 38.1 Å². The molecule has 0 aromatic heterocycles. The first-order chi connectivity index (χ1) is 13.8. The number of hydrogen-bond acceptors (Lipinski definition) is 4. The highest BCUT2D eigenvalue weighted by Crippen LogP contribution is 2.16. The van der Waals surface area contributed by atoms with Gasteiger partial charge in [-0.3, -0.25) is 9.69 Å². The molecule has 2 rings (SSSR count). The van der Waals surface area contributed by atoms with Gasteiger partial charge in [0, 0.05) is 13.1 Å². The Bertz CT molecular complexity index is 927. The summed E-state index contributed by atoms with van der Waals surface area (Å²) in [6.07, 6.45) is 0. The summed E-state index contributed by atoms with van der Waals surface area (Å²) in [6.45, 7) is 6.33. The largest absolute Gasteiger partial charge is 0.337 e. The fourth-order valence-electron chi connectivity index (χ4n) is 2.84. The molecule has 0 saturated heterocycles. The summed E-state index contributed by atoms with van der Waals surface area (Å²) in [5, 5.41) is 21.2. The standard InChI is InChI=1S/C23H25FN4O/c1-17(2)23(3,16-26)27-22(29)15-28(14-20-5-4-6-21(24)11-20)13-19-9-7-18(12-25)8-10-19/h4-11,17H,13-15H2,1-3H3,(H,27,29). The minimum absolute atomic E-state index is 0.0494. The summed E-state index contributed by atoms with van der Waals surface area (Å²) in [7, 11) is 0. The van der Waals surface area contributed by atoms with Gasteiger partial charge in [0.1, 0.15) is 11.4 Å². The topological polar surface area (TPSA) is 79.9 Å². The molecule has 0 fully saturated rings. The van der Waals surface area contributed by atoms with Crippen molar-refractivity contribution >= 4 is 5.91 Å². The van der Waals surface area contributed by atoms with Gasteiger partial charge in [0.15, 0.2) is 0 Å². The lowest BCUT2D eigenvalue weighted by Crippen LogP contribution is -2.51. The van der Waals surface area contributed by atoms with E-state index in [1.807, 2.05) is 30.9 Å². The van der Waals surface area contributed by atoms with Crippen LogP contribution in [0.3, 0.4) is 0 Å². The van der Waals surface area contributed by atoms with E-state index in [2.05, 4.69) is 17.5 Å². The Kier molecular flexibility index (Phi) is 7.47. The van der Waals surface area contributed by atoms with Crippen molar-refractivity contribution < 1.29 is 9.18 Å². The van der Waals surface area contributed by atoms with Crippen LogP contribution in [0.5, 0.6) is 0 Å². The van der Waals surface area contributed by atoms with Gasteiger partial charge in [-0.05, 0) is 48.2 Å². The van der Waals surface area contributed by atoms with Crippen LogP contribution < -0.4 is 5.32 Å². The summed E-state index contributed by atoms with van der Waals surface area (Å²) >= 11 is 0. The Morgan fingerprint density at radius 3 is 2.34 bits per heavy atom. The summed E-state index contributed by atoms with van der Waals surface area (Å²) in [6, 6.07) is 17.6. The Balaban J connectivity index is 2.18. The van der Waals surface area contributed by atoms with Crippen molar-refractivity contribution in [2.75, 3.05) is 6.54 Å². The number of hydrogen-bond donors (Lipinski definition) is 1.